The van der Waals surface area contributed by atoms with Crippen LogP contribution in [0.2, 0.25) is 5.02 Å². The lowest BCUT2D eigenvalue weighted by Crippen LogP contribution is -2.22. The Morgan fingerprint density at radius 3 is 2.56 bits per heavy atom. The quantitative estimate of drug-likeness (QED) is 0.858. The summed E-state index contributed by atoms with van der Waals surface area (Å²) >= 11 is 5.54. The van der Waals surface area contributed by atoms with Gasteiger partial charge in [-0.05, 0) is 37.6 Å². The second-order valence-corrected chi connectivity index (χ2v) is 4.43. The highest BCUT2D eigenvalue weighted by atomic mass is 35.5. The van der Waals surface area contributed by atoms with E-state index >= 15 is 0 Å². The number of alkyl halides is 3. The van der Waals surface area contributed by atoms with Gasteiger partial charge >= 0.3 is 6.18 Å². The van der Waals surface area contributed by atoms with Gasteiger partial charge in [-0.3, -0.25) is 0 Å². The van der Waals surface area contributed by atoms with Gasteiger partial charge in [0.1, 0.15) is 0 Å². The Morgan fingerprint density at radius 2 is 2.06 bits per heavy atom. The third kappa shape index (κ3) is 4.07. The summed E-state index contributed by atoms with van der Waals surface area (Å²) in [6, 6.07) is 3.89. The van der Waals surface area contributed by atoms with E-state index in [4.69, 9.17) is 17.3 Å². The molecule has 102 valence electrons. The number of rotatable bonds is 5. The minimum absolute atomic E-state index is 0.0669. The second kappa shape index (κ2) is 6.29. The van der Waals surface area contributed by atoms with Gasteiger partial charge in [0, 0.05) is 11.7 Å². The number of nitrogens with two attached hydrogens (primary N) is 1. The Kier molecular flexibility index (Phi) is 5.28. The van der Waals surface area contributed by atoms with Crippen LogP contribution in [-0.2, 0) is 6.18 Å². The first-order valence-corrected chi connectivity index (χ1v) is 6.09. The smallest absolute Gasteiger partial charge is 0.382 e. The maximum absolute atomic E-state index is 12.7. The van der Waals surface area contributed by atoms with E-state index in [1.165, 1.54) is 12.1 Å². The highest BCUT2D eigenvalue weighted by Crippen LogP contribution is 2.36. The van der Waals surface area contributed by atoms with Crippen LogP contribution in [0.1, 0.15) is 25.3 Å². The van der Waals surface area contributed by atoms with Crippen molar-refractivity contribution >= 4 is 17.3 Å². The summed E-state index contributed by atoms with van der Waals surface area (Å²) in [6.45, 7) is 2.44. The highest BCUT2D eigenvalue weighted by Gasteiger charge is 2.33. The van der Waals surface area contributed by atoms with E-state index in [2.05, 4.69) is 5.32 Å². The molecule has 0 saturated heterocycles. The van der Waals surface area contributed by atoms with Gasteiger partial charge in [-0.15, -0.1) is 0 Å². The first-order valence-electron chi connectivity index (χ1n) is 5.71. The zero-order valence-electron chi connectivity index (χ0n) is 10.0. The monoisotopic (exact) mass is 280 g/mol. The van der Waals surface area contributed by atoms with Crippen LogP contribution in [0.3, 0.4) is 0 Å². The Balaban J connectivity index is 2.91. The molecular formula is C12H16ClF3N2. The van der Waals surface area contributed by atoms with Crippen LogP contribution in [0, 0.1) is 0 Å². The molecule has 1 atom stereocenters. The molecule has 18 heavy (non-hydrogen) atoms. The average Bonchev–Trinajstić information content (AvgIpc) is 2.29. The maximum Gasteiger partial charge on any atom is 0.417 e. The van der Waals surface area contributed by atoms with E-state index in [0.717, 1.165) is 12.5 Å². The second-order valence-electron chi connectivity index (χ2n) is 4.02. The minimum Gasteiger partial charge on any atom is -0.382 e. The fourth-order valence-electron chi connectivity index (χ4n) is 1.65. The first-order chi connectivity index (χ1) is 8.38. The fourth-order valence-corrected chi connectivity index (χ4v) is 1.87. The summed E-state index contributed by atoms with van der Waals surface area (Å²) in [4.78, 5) is 0. The molecule has 0 aliphatic heterocycles. The molecule has 0 aliphatic carbocycles. The van der Waals surface area contributed by atoms with Gasteiger partial charge in [0.15, 0.2) is 0 Å². The number of halogens is 4. The van der Waals surface area contributed by atoms with E-state index < -0.39 is 11.7 Å². The van der Waals surface area contributed by atoms with Crippen molar-refractivity contribution in [2.24, 2.45) is 5.73 Å². The van der Waals surface area contributed by atoms with Crippen LogP contribution in [-0.4, -0.2) is 12.6 Å². The van der Waals surface area contributed by atoms with E-state index in [9.17, 15) is 13.2 Å². The summed E-state index contributed by atoms with van der Waals surface area (Å²) < 4.78 is 38.0. The predicted molar refractivity (Wildman–Crippen MR) is 67.8 cm³/mol. The van der Waals surface area contributed by atoms with E-state index in [1.807, 2.05) is 6.92 Å². The third-order valence-corrected chi connectivity index (χ3v) is 2.98. The molecule has 0 bridgehead atoms. The van der Waals surface area contributed by atoms with Gasteiger partial charge in [-0.2, -0.15) is 13.2 Å². The number of hydrogen-bond donors (Lipinski definition) is 2. The average molecular weight is 281 g/mol. The van der Waals surface area contributed by atoms with Crippen LogP contribution >= 0.6 is 11.6 Å². The molecule has 0 aliphatic rings. The van der Waals surface area contributed by atoms with Crippen molar-refractivity contribution in [3.63, 3.8) is 0 Å². The normalized spacial score (nSPS) is 13.4. The van der Waals surface area contributed by atoms with E-state index in [1.54, 1.807) is 0 Å². The van der Waals surface area contributed by atoms with E-state index in [0.29, 0.717) is 18.7 Å². The summed E-state index contributed by atoms with van der Waals surface area (Å²) in [6.07, 6.45) is -2.94. The van der Waals surface area contributed by atoms with Crippen molar-refractivity contribution in [2.75, 3.05) is 11.9 Å². The van der Waals surface area contributed by atoms with Gasteiger partial charge in [0.25, 0.3) is 0 Å². The topological polar surface area (TPSA) is 38.0 Å². The first kappa shape index (κ1) is 15.1. The summed E-state index contributed by atoms with van der Waals surface area (Å²) in [5, 5.41) is 2.74. The number of hydrogen-bond acceptors (Lipinski definition) is 2. The Hall–Kier alpha value is -0.940. The van der Waals surface area contributed by atoms with Crippen molar-refractivity contribution in [3.8, 4) is 0 Å². The van der Waals surface area contributed by atoms with Crippen LogP contribution in [0.4, 0.5) is 18.9 Å². The number of anilines is 1. The molecule has 2 nitrogen and oxygen atoms in total. The molecule has 1 rings (SSSR count). The Bertz CT molecular complexity index is 393. The molecule has 1 aromatic carbocycles. The van der Waals surface area contributed by atoms with E-state index in [-0.39, 0.29) is 11.1 Å². The molecule has 0 heterocycles. The fraction of sp³-hybridized carbons (Fsp3) is 0.500. The zero-order valence-corrected chi connectivity index (χ0v) is 10.8. The number of nitrogens with one attached hydrogen (secondary N) is 1. The lowest BCUT2D eigenvalue weighted by molar-refractivity contribution is -0.137. The highest BCUT2D eigenvalue weighted by molar-refractivity contribution is 6.31. The third-order valence-electron chi connectivity index (χ3n) is 2.65. The molecule has 1 aromatic rings. The molecular weight excluding hydrogens is 265 g/mol. The van der Waals surface area contributed by atoms with Crippen molar-refractivity contribution in [3.05, 3.63) is 28.8 Å². The minimum atomic E-state index is -4.44. The summed E-state index contributed by atoms with van der Waals surface area (Å²) in [5.41, 5.74) is 5.03. The van der Waals surface area contributed by atoms with Crippen molar-refractivity contribution in [2.45, 2.75) is 32.0 Å². The standard InChI is InChI=1S/C12H16ClF3N2/c1-2-8(5-6-17)18-9-3-4-11(13)10(7-9)12(14,15)16/h3-4,7-8,18H,2,5-6,17H2,1H3. The SMILES string of the molecule is CCC(CCN)Nc1ccc(Cl)c(C(F)(F)F)c1. The lowest BCUT2D eigenvalue weighted by Gasteiger charge is -2.19. The van der Waals surface area contributed by atoms with Crippen LogP contribution < -0.4 is 11.1 Å². The van der Waals surface area contributed by atoms with Gasteiger partial charge in [0.05, 0.1) is 10.6 Å². The molecule has 3 N–H and O–H groups in total. The lowest BCUT2D eigenvalue weighted by atomic mass is 10.1. The van der Waals surface area contributed by atoms with Crippen molar-refractivity contribution in [1.29, 1.82) is 0 Å². The molecule has 0 amide bonds. The van der Waals surface area contributed by atoms with Gasteiger partial charge in [-0.25, -0.2) is 0 Å². The molecule has 0 radical (unpaired) electrons. The molecule has 0 aromatic heterocycles. The maximum atomic E-state index is 12.7. The largest absolute Gasteiger partial charge is 0.417 e. The Morgan fingerprint density at radius 1 is 1.39 bits per heavy atom. The predicted octanol–water partition coefficient (Wildman–Crippen LogP) is 3.90. The molecule has 1 unspecified atom stereocenters. The van der Waals surface area contributed by atoms with Gasteiger partial charge in [0.2, 0.25) is 0 Å². The summed E-state index contributed by atoms with van der Waals surface area (Å²) in [7, 11) is 0. The van der Waals surface area contributed by atoms with Gasteiger partial charge < -0.3 is 11.1 Å². The summed E-state index contributed by atoms with van der Waals surface area (Å²) in [5.74, 6) is 0. The van der Waals surface area contributed by atoms with Crippen LogP contribution in [0.25, 0.3) is 0 Å². The van der Waals surface area contributed by atoms with Gasteiger partial charge in [-0.1, -0.05) is 18.5 Å². The van der Waals surface area contributed by atoms with Crippen LogP contribution in [0.15, 0.2) is 18.2 Å². The molecule has 0 fully saturated rings. The molecule has 6 heteroatoms. The zero-order chi connectivity index (χ0) is 13.8. The number of benzene rings is 1. The van der Waals surface area contributed by atoms with Crippen LogP contribution in [0.5, 0.6) is 0 Å². The molecule has 0 saturated carbocycles. The Labute approximate surface area is 109 Å². The van der Waals surface area contributed by atoms with Crippen molar-refractivity contribution < 1.29 is 13.2 Å². The molecule has 0 spiro atoms. The van der Waals surface area contributed by atoms with Crippen molar-refractivity contribution in [1.82, 2.24) is 0 Å².